The Balaban J connectivity index is 1.67. The number of non-ortho nitro benzene ring substituents is 1. The molecule has 0 bridgehead atoms. The fourth-order valence-electron chi connectivity index (χ4n) is 2.28. The van der Waals surface area contributed by atoms with Crippen LogP contribution in [0.2, 0.25) is 0 Å². The third-order valence-corrected chi connectivity index (χ3v) is 3.49. The number of amides is 2. The van der Waals surface area contributed by atoms with Crippen LogP contribution in [0.4, 0.5) is 16.2 Å². The number of aromatic nitrogens is 1. The van der Waals surface area contributed by atoms with Crippen LogP contribution in [-0.2, 0) is 6.54 Å². The van der Waals surface area contributed by atoms with Crippen LogP contribution in [0.25, 0.3) is 10.8 Å². The van der Waals surface area contributed by atoms with E-state index < -0.39 is 4.92 Å². The van der Waals surface area contributed by atoms with Crippen molar-refractivity contribution >= 4 is 28.2 Å². The van der Waals surface area contributed by atoms with Crippen molar-refractivity contribution in [1.82, 2.24) is 10.3 Å². The second-order valence-electron chi connectivity index (χ2n) is 5.17. The molecule has 0 saturated carbocycles. The number of nitrogens with one attached hydrogen (secondary N) is 2. The van der Waals surface area contributed by atoms with Crippen LogP contribution in [0, 0.1) is 10.1 Å². The Morgan fingerprint density at radius 3 is 2.50 bits per heavy atom. The summed E-state index contributed by atoms with van der Waals surface area (Å²) >= 11 is 0. The topological polar surface area (TPSA) is 97.2 Å². The number of nitro benzene ring substituents is 1. The molecule has 0 saturated heterocycles. The number of hydrogen-bond acceptors (Lipinski definition) is 4. The zero-order valence-electron chi connectivity index (χ0n) is 12.6. The molecule has 0 spiro atoms. The van der Waals surface area contributed by atoms with Gasteiger partial charge in [-0.2, -0.15) is 0 Å². The molecule has 3 aromatic rings. The van der Waals surface area contributed by atoms with Crippen LogP contribution in [0.5, 0.6) is 0 Å². The maximum Gasteiger partial charge on any atom is 0.319 e. The Morgan fingerprint density at radius 1 is 1.04 bits per heavy atom. The molecule has 1 aromatic heterocycles. The SMILES string of the molecule is O=C(NCc1ccncc1)Nc1ccc2cc([N+](=O)[O-])ccc2c1. The first-order valence-corrected chi connectivity index (χ1v) is 7.24. The summed E-state index contributed by atoms with van der Waals surface area (Å²) in [5.41, 5.74) is 1.60. The molecule has 7 heteroatoms. The van der Waals surface area contributed by atoms with Crippen LogP contribution < -0.4 is 10.6 Å². The number of rotatable bonds is 4. The molecule has 0 aliphatic carbocycles. The molecule has 2 N–H and O–H groups in total. The van der Waals surface area contributed by atoms with Gasteiger partial charge in [-0.3, -0.25) is 15.1 Å². The van der Waals surface area contributed by atoms with Crippen LogP contribution >= 0.6 is 0 Å². The van der Waals surface area contributed by atoms with E-state index in [1.165, 1.54) is 12.1 Å². The number of nitro groups is 1. The molecule has 2 aromatic carbocycles. The second kappa shape index (κ2) is 6.74. The molecule has 0 aliphatic rings. The van der Waals surface area contributed by atoms with Crippen molar-refractivity contribution in [1.29, 1.82) is 0 Å². The molecule has 0 atom stereocenters. The van der Waals surface area contributed by atoms with Crippen molar-refractivity contribution in [3.05, 3.63) is 76.6 Å². The van der Waals surface area contributed by atoms with Crippen molar-refractivity contribution in [3.8, 4) is 0 Å². The second-order valence-corrected chi connectivity index (χ2v) is 5.17. The van der Waals surface area contributed by atoms with Crippen molar-refractivity contribution in [2.24, 2.45) is 0 Å². The molecule has 0 radical (unpaired) electrons. The summed E-state index contributed by atoms with van der Waals surface area (Å²) < 4.78 is 0. The Hall–Kier alpha value is -3.48. The smallest absolute Gasteiger partial charge is 0.319 e. The number of hydrogen-bond donors (Lipinski definition) is 2. The molecule has 7 nitrogen and oxygen atoms in total. The zero-order valence-corrected chi connectivity index (χ0v) is 12.6. The van der Waals surface area contributed by atoms with E-state index in [0.29, 0.717) is 12.2 Å². The summed E-state index contributed by atoms with van der Waals surface area (Å²) in [7, 11) is 0. The van der Waals surface area contributed by atoms with Gasteiger partial charge in [0.1, 0.15) is 0 Å². The average molecular weight is 322 g/mol. The largest absolute Gasteiger partial charge is 0.334 e. The minimum Gasteiger partial charge on any atom is -0.334 e. The summed E-state index contributed by atoms with van der Waals surface area (Å²) in [6.07, 6.45) is 3.33. The van der Waals surface area contributed by atoms with Gasteiger partial charge in [0.15, 0.2) is 0 Å². The first kappa shape index (κ1) is 15.4. The van der Waals surface area contributed by atoms with Gasteiger partial charge in [0.25, 0.3) is 5.69 Å². The molecule has 3 rings (SSSR count). The van der Waals surface area contributed by atoms with E-state index >= 15 is 0 Å². The normalized spacial score (nSPS) is 10.3. The maximum atomic E-state index is 11.9. The molecule has 0 unspecified atom stereocenters. The van der Waals surface area contributed by atoms with Crippen LogP contribution in [0.15, 0.2) is 60.9 Å². The van der Waals surface area contributed by atoms with Crippen molar-refractivity contribution in [2.45, 2.75) is 6.54 Å². The van der Waals surface area contributed by atoms with Gasteiger partial charge in [-0.05, 0) is 46.7 Å². The van der Waals surface area contributed by atoms with E-state index in [1.54, 1.807) is 36.7 Å². The third-order valence-electron chi connectivity index (χ3n) is 3.49. The Morgan fingerprint density at radius 2 is 1.75 bits per heavy atom. The van der Waals surface area contributed by atoms with Gasteiger partial charge in [0, 0.05) is 36.8 Å². The average Bonchev–Trinajstić information content (AvgIpc) is 2.60. The van der Waals surface area contributed by atoms with Crippen molar-refractivity contribution in [2.75, 3.05) is 5.32 Å². The molecule has 120 valence electrons. The Kier molecular flexibility index (Phi) is 4.33. The first-order valence-electron chi connectivity index (χ1n) is 7.24. The minimum absolute atomic E-state index is 0.0401. The van der Waals surface area contributed by atoms with E-state index in [2.05, 4.69) is 15.6 Å². The third kappa shape index (κ3) is 3.64. The Labute approximate surface area is 137 Å². The number of carbonyl (C=O) groups excluding carboxylic acids is 1. The highest BCUT2D eigenvalue weighted by Crippen LogP contribution is 2.23. The predicted octanol–water partition coefficient (Wildman–Crippen LogP) is 3.46. The van der Waals surface area contributed by atoms with Gasteiger partial charge in [-0.25, -0.2) is 4.79 Å². The minimum atomic E-state index is -0.432. The number of anilines is 1. The summed E-state index contributed by atoms with van der Waals surface area (Å²) in [6, 6.07) is 13.1. The van der Waals surface area contributed by atoms with Gasteiger partial charge in [0.2, 0.25) is 0 Å². The van der Waals surface area contributed by atoms with Gasteiger partial charge in [-0.1, -0.05) is 6.07 Å². The first-order chi connectivity index (χ1) is 11.6. The lowest BCUT2D eigenvalue weighted by Crippen LogP contribution is -2.28. The van der Waals surface area contributed by atoms with Crippen molar-refractivity contribution in [3.63, 3.8) is 0 Å². The van der Waals surface area contributed by atoms with E-state index in [0.717, 1.165) is 16.3 Å². The lowest BCUT2D eigenvalue weighted by Gasteiger charge is -2.08. The van der Waals surface area contributed by atoms with Crippen LogP contribution in [0.1, 0.15) is 5.56 Å². The van der Waals surface area contributed by atoms with E-state index in [-0.39, 0.29) is 11.7 Å². The van der Waals surface area contributed by atoms with Gasteiger partial charge in [0.05, 0.1) is 4.92 Å². The van der Waals surface area contributed by atoms with Gasteiger partial charge < -0.3 is 10.6 Å². The van der Waals surface area contributed by atoms with Crippen LogP contribution in [0.3, 0.4) is 0 Å². The molecular weight excluding hydrogens is 308 g/mol. The number of benzene rings is 2. The van der Waals surface area contributed by atoms with Crippen LogP contribution in [-0.4, -0.2) is 15.9 Å². The highest BCUT2D eigenvalue weighted by Gasteiger charge is 2.07. The number of carbonyl (C=O) groups is 1. The number of fused-ring (bicyclic) bond motifs is 1. The number of urea groups is 1. The fraction of sp³-hybridized carbons (Fsp3) is 0.0588. The van der Waals surface area contributed by atoms with Crippen molar-refractivity contribution < 1.29 is 9.72 Å². The van der Waals surface area contributed by atoms with Gasteiger partial charge in [-0.15, -0.1) is 0 Å². The lowest BCUT2D eigenvalue weighted by atomic mass is 10.1. The standard InChI is InChI=1S/C17H14N4O3/c22-17(19-11-12-5-7-18-8-6-12)20-15-3-1-14-10-16(21(23)24)4-2-13(14)9-15/h1-10H,11H2,(H2,19,20,22). The highest BCUT2D eigenvalue weighted by molar-refractivity contribution is 5.94. The summed E-state index contributed by atoms with van der Waals surface area (Å²) in [6.45, 7) is 0.397. The highest BCUT2D eigenvalue weighted by atomic mass is 16.6. The molecule has 24 heavy (non-hydrogen) atoms. The maximum absolute atomic E-state index is 11.9. The number of pyridine rings is 1. The molecule has 1 heterocycles. The monoisotopic (exact) mass is 322 g/mol. The summed E-state index contributed by atoms with van der Waals surface area (Å²) in [5.74, 6) is 0. The quantitative estimate of drug-likeness (QED) is 0.567. The predicted molar refractivity (Wildman–Crippen MR) is 90.7 cm³/mol. The zero-order chi connectivity index (χ0) is 16.9. The molecular formula is C17H14N4O3. The molecule has 0 fully saturated rings. The van der Waals surface area contributed by atoms with Gasteiger partial charge >= 0.3 is 6.03 Å². The molecule has 2 amide bonds. The lowest BCUT2D eigenvalue weighted by molar-refractivity contribution is -0.384. The Bertz CT molecular complexity index is 897. The van der Waals surface area contributed by atoms with E-state index in [1.807, 2.05) is 12.1 Å². The number of nitrogens with zero attached hydrogens (tertiary/aromatic N) is 2. The van der Waals surface area contributed by atoms with E-state index in [4.69, 9.17) is 0 Å². The summed E-state index contributed by atoms with van der Waals surface area (Å²) in [5, 5.41) is 17.8. The molecule has 0 aliphatic heterocycles. The fourth-order valence-corrected chi connectivity index (χ4v) is 2.28. The summed E-state index contributed by atoms with van der Waals surface area (Å²) in [4.78, 5) is 26.2. The van der Waals surface area contributed by atoms with E-state index in [9.17, 15) is 14.9 Å².